The third kappa shape index (κ3) is 3.20. The third-order valence-electron chi connectivity index (χ3n) is 2.93. The standard InChI is InChI=1S/C14H14F3NO2/c1-14(19,13-3-2-4-20-13)8-18-7-9-5-11(16)12(17)6-10(9)15/h2-6,18-19H,7-8H2,1H3. The van der Waals surface area contributed by atoms with Crippen LogP contribution in [0.15, 0.2) is 34.9 Å². The molecule has 3 nitrogen and oxygen atoms in total. The van der Waals surface area contributed by atoms with Crippen molar-refractivity contribution in [3.63, 3.8) is 0 Å². The van der Waals surface area contributed by atoms with Crippen molar-refractivity contribution < 1.29 is 22.7 Å². The zero-order chi connectivity index (χ0) is 14.8. The number of halogens is 3. The Morgan fingerprint density at radius 3 is 2.55 bits per heavy atom. The van der Waals surface area contributed by atoms with Gasteiger partial charge in [0.25, 0.3) is 0 Å². The van der Waals surface area contributed by atoms with Crippen LogP contribution < -0.4 is 5.32 Å². The highest BCUT2D eigenvalue weighted by Gasteiger charge is 2.25. The molecular formula is C14H14F3NO2. The van der Waals surface area contributed by atoms with Crippen molar-refractivity contribution in [1.29, 1.82) is 0 Å². The molecule has 0 aliphatic rings. The second-order valence-electron chi connectivity index (χ2n) is 4.71. The van der Waals surface area contributed by atoms with E-state index in [1.54, 1.807) is 12.1 Å². The van der Waals surface area contributed by atoms with Gasteiger partial charge in [-0.1, -0.05) is 0 Å². The maximum absolute atomic E-state index is 13.4. The fraction of sp³-hybridized carbons (Fsp3) is 0.286. The quantitative estimate of drug-likeness (QED) is 0.830. The first kappa shape index (κ1) is 14.6. The van der Waals surface area contributed by atoms with Gasteiger partial charge in [-0.05, 0) is 25.1 Å². The van der Waals surface area contributed by atoms with Crippen LogP contribution in [0.25, 0.3) is 0 Å². The van der Waals surface area contributed by atoms with Gasteiger partial charge < -0.3 is 14.8 Å². The summed E-state index contributed by atoms with van der Waals surface area (Å²) in [5.41, 5.74) is -1.29. The maximum Gasteiger partial charge on any atom is 0.161 e. The summed E-state index contributed by atoms with van der Waals surface area (Å²) in [5.74, 6) is -2.82. The molecule has 108 valence electrons. The molecule has 1 heterocycles. The highest BCUT2D eigenvalue weighted by atomic mass is 19.2. The molecule has 0 amide bonds. The summed E-state index contributed by atoms with van der Waals surface area (Å²) < 4.78 is 44.3. The molecule has 0 spiro atoms. The number of hydrogen-bond acceptors (Lipinski definition) is 3. The SMILES string of the molecule is CC(O)(CNCc1cc(F)c(F)cc1F)c1ccco1. The zero-order valence-corrected chi connectivity index (χ0v) is 10.8. The van der Waals surface area contributed by atoms with Crippen LogP contribution in [0, 0.1) is 17.5 Å². The lowest BCUT2D eigenvalue weighted by atomic mass is 10.0. The Kier molecular flexibility index (Phi) is 4.15. The van der Waals surface area contributed by atoms with E-state index in [-0.39, 0.29) is 18.7 Å². The first-order valence-corrected chi connectivity index (χ1v) is 6.00. The van der Waals surface area contributed by atoms with E-state index in [1.807, 2.05) is 0 Å². The smallest absolute Gasteiger partial charge is 0.161 e. The van der Waals surface area contributed by atoms with Gasteiger partial charge in [-0.15, -0.1) is 0 Å². The van der Waals surface area contributed by atoms with E-state index in [2.05, 4.69) is 5.32 Å². The van der Waals surface area contributed by atoms with Gasteiger partial charge in [0.2, 0.25) is 0 Å². The summed E-state index contributed by atoms with van der Waals surface area (Å²) in [6.07, 6.45) is 1.43. The topological polar surface area (TPSA) is 45.4 Å². The second-order valence-corrected chi connectivity index (χ2v) is 4.71. The Balaban J connectivity index is 1.98. The lowest BCUT2D eigenvalue weighted by molar-refractivity contribution is 0.0339. The number of benzene rings is 1. The Hall–Kier alpha value is -1.79. The fourth-order valence-electron chi connectivity index (χ4n) is 1.81. The van der Waals surface area contributed by atoms with Crippen molar-refractivity contribution in [3.8, 4) is 0 Å². The van der Waals surface area contributed by atoms with Gasteiger partial charge >= 0.3 is 0 Å². The number of nitrogens with one attached hydrogen (secondary N) is 1. The molecule has 2 N–H and O–H groups in total. The van der Waals surface area contributed by atoms with Crippen LogP contribution in [0.3, 0.4) is 0 Å². The molecule has 1 aromatic heterocycles. The zero-order valence-electron chi connectivity index (χ0n) is 10.8. The normalized spacial score (nSPS) is 14.2. The number of aliphatic hydroxyl groups is 1. The van der Waals surface area contributed by atoms with Crippen LogP contribution in [-0.4, -0.2) is 11.7 Å². The highest BCUT2D eigenvalue weighted by molar-refractivity contribution is 5.20. The number of hydrogen-bond donors (Lipinski definition) is 2. The molecule has 0 fully saturated rings. The van der Waals surface area contributed by atoms with Gasteiger partial charge in [-0.2, -0.15) is 0 Å². The lowest BCUT2D eigenvalue weighted by Crippen LogP contribution is -2.35. The minimum absolute atomic E-state index is 0.0147. The van der Waals surface area contributed by atoms with Crippen molar-refractivity contribution >= 4 is 0 Å². The average Bonchev–Trinajstić information content (AvgIpc) is 2.90. The van der Waals surface area contributed by atoms with Gasteiger partial charge in [0.1, 0.15) is 17.2 Å². The number of rotatable bonds is 5. The maximum atomic E-state index is 13.4. The molecule has 0 saturated carbocycles. The molecule has 0 aliphatic carbocycles. The van der Waals surface area contributed by atoms with E-state index in [9.17, 15) is 18.3 Å². The summed E-state index contributed by atoms with van der Waals surface area (Å²) >= 11 is 0. The Bertz CT molecular complexity index is 582. The first-order chi connectivity index (χ1) is 9.40. The van der Waals surface area contributed by atoms with Crippen molar-refractivity contribution in [2.45, 2.75) is 19.1 Å². The fourth-order valence-corrected chi connectivity index (χ4v) is 1.81. The highest BCUT2D eigenvalue weighted by Crippen LogP contribution is 2.20. The van der Waals surface area contributed by atoms with Crippen molar-refractivity contribution in [3.05, 3.63) is 59.3 Å². The molecule has 2 aromatic rings. The molecule has 0 bridgehead atoms. The van der Waals surface area contributed by atoms with E-state index in [0.717, 1.165) is 6.07 Å². The average molecular weight is 285 g/mol. The van der Waals surface area contributed by atoms with Crippen LogP contribution in [0.1, 0.15) is 18.2 Å². The summed E-state index contributed by atoms with van der Waals surface area (Å²) in [6.45, 7) is 1.55. The van der Waals surface area contributed by atoms with Gasteiger partial charge in [0, 0.05) is 24.7 Å². The van der Waals surface area contributed by atoms with E-state index >= 15 is 0 Å². The Morgan fingerprint density at radius 1 is 1.20 bits per heavy atom. The predicted molar refractivity (Wildman–Crippen MR) is 66.3 cm³/mol. The van der Waals surface area contributed by atoms with Crippen LogP contribution in [0.2, 0.25) is 0 Å². The van der Waals surface area contributed by atoms with Gasteiger partial charge in [-0.25, -0.2) is 13.2 Å². The first-order valence-electron chi connectivity index (χ1n) is 6.00. The molecule has 20 heavy (non-hydrogen) atoms. The minimum Gasteiger partial charge on any atom is -0.466 e. The predicted octanol–water partition coefficient (Wildman–Crippen LogP) is 2.69. The van der Waals surface area contributed by atoms with Crippen LogP contribution in [0.5, 0.6) is 0 Å². The molecule has 1 unspecified atom stereocenters. The Labute approximate surface area is 114 Å². The van der Waals surface area contributed by atoms with Gasteiger partial charge in [0.15, 0.2) is 11.6 Å². The Morgan fingerprint density at radius 2 is 1.90 bits per heavy atom. The third-order valence-corrected chi connectivity index (χ3v) is 2.93. The second kappa shape index (κ2) is 5.68. The summed E-state index contributed by atoms with van der Waals surface area (Å²) in [4.78, 5) is 0. The molecule has 0 radical (unpaired) electrons. The molecule has 0 saturated heterocycles. The number of furan rings is 1. The largest absolute Gasteiger partial charge is 0.466 e. The summed E-state index contributed by atoms with van der Waals surface area (Å²) in [5, 5.41) is 12.9. The minimum atomic E-state index is -1.28. The van der Waals surface area contributed by atoms with Gasteiger partial charge in [0.05, 0.1) is 6.26 Å². The molecule has 1 atom stereocenters. The monoisotopic (exact) mass is 285 g/mol. The van der Waals surface area contributed by atoms with Crippen LogP contribution in [-0.2, 0) is 12.1 Å². The van der Waals surface area contributed by atoms with Crippen LogP contribution >= 0.6 is 0 Å². The molecule has 1 aromatic carbocycles. The molecule has 6 heteroatoms. The van der Waals surface area contributed by atoms with Crippen molar-refractivity contribution in [1.82, 2.24) is 5.32 Å². The van der Waals surface area contributed by atoms with Crippen molar-refractivity contribution in [2.75, 3.05) is 6.54 Å². The van der Waals surface area contributed by atoms with Gasteiger partial charge in [-0.3, -0.25) is 0 Å². The molecule has 2 rings (SSSR count). The summed E-state index contributed by atoms with van der Waals surface area (Å²) in [6, 6.07) is 4.54. The van der Waals surface area contributed by atoms with Crippen LogP contribution in [0.4, 0.5) is 13.2 Å². The lowest BCUT2D eigenvalue weighted by Gasteiger charge is -2.21. The van der Waals surface area contributed by atoms with E-state index in [0.29, 0.717) is 11.8 Å². The molecule has 0 aliphatic heterocycles. The molecular weight excluding hydrogens is 271 g/mol. The van der Waals surface area contributed by atoms with Crippen molar-refractivity contribution in [2.24, 2.45) is 0 Å². The van der Waals surface area contributed by atoms with E-state index in [4.69, 9.17) is 4.42 Å². The van der Waals surface area contributed by atoms with E-state index in [1.165, 1.54) is 13.2 Å². The van der Waals surface area contributed by atoms with E-state index < -0.39 is 23.1 Å². The summed E-state index contributed by atoms with van der Waals surface area (Å²) in [7, 11) is 0.